The van der Waals surface area contributed by atoms with Gasteiger partial charge in [0.15, 0.2) is 5.96 Å². The molecule has 1 saturated heterocycles. The molecule has 28 heavy (non-hydrogen) atoms. The van der Waals surface area contributed by atoms with E-state index >= 15 is 0 Å². The maximum atomic E-state index is 9.29. The summed E-state index contributed by atoms with van der Waals surface area (Å²) in [5.41, 5.74) is 2.47. The van der Waals surface area contributed by atoms with E-state index in [2.05, 4.69) is 63.7 Å². The van der Waals surface area contributed by atoms with Crippen molar-refractivity contribution in [2.75, 3.05) is 37.7 Å². The quantitative estimate of drug-likeness (QED) is 0.484. The van der Waals surface area contributed by atoms with Gasteiger partial charge in [-0.1, -0.05) is 12.1 Å². The summed E-state index contributed by atoms with van der Waals surface area (Å²) >= 11 is 0. The standard InChI is InChI=1S/C22H33N5O/c1-2-23-22(24-11-16-26-12-3-4-13-26)25-17-19-5-7-21(8-6-19)27-14-9-20(18-28)10-15-27/h3-8,12-13,20,28H,2,9-11,14-18H2,1H3,(H2,23,24,25). The Kier molecular flexibility index (Phi) is 7.79. The van der Waals surface area contributed by atoms with Crippen LogP contribution in [0.5, 0.6) is 0 Å². The molecule has 2 aromatic rings. The molecule has 1 aromatic heterocycles. The fourth-order valence-corrected chi connectivity index (χ4v) is 3.52. The van der Waals surface area contributed by atoms with E-state index in [9.17, 15) is 5.11 Å². The highest BCUT2D eigenvalue weighted by Crippen LogP contribution is 2.23. The van der Waals surface area contributed by atoms with Gasteiger partial charge >= 0.3 is 0 Å². The minimum absolute atomic E-state index is 0.318. The van der Waals surface area contributed by atoms with Crippen molar-refractivity contribution in [3.63, 3.8) is 0 Å². The summed E-state index contributed by atoms with van der Waals surface area (Å²) in [4.78, 5) is 7.12. The highest BCUT2D eigenvalue weighted by Gasteiger charge is 2.18. The zero-order chi connectivity index (χ0) is 19.6. The number of aliphatic imine (C=N–C) groups is 1. The van der Waals surface area contributed by atoms with E-state index in [1.807, 2.05) is 12.1 Å². The van der Waals surface area contributed by atoms with Crippen molar-refractivity contribution in [3.8, 4) is 0 Å². The monoisotopic (exact) mass is 383 g/mol. The van der Waals surface area contributed by atoms with Crippen LogP contribution in [0.2, 0.25) is 0 Å². The van der Waals surface area contributed by atoms with Crippen LogP contribution in [0.3, 0.4) is 0 Å². The molecule has 3 rings (SSSR count). The van der Waals surface area contributed by atoms with Crippen LogP contribution in [0.25, 0.3) is 0 Å². The first-order valence-electron chi connectivity index (χ1n) is 10.4. The van der Waals surface area contributed by atoms with Crippen LogP contribution in [0.15, 0.2) is 53.8 Å². The third kappa shape index (κ3) is 6.02. The van der Waals surface area contributed by atoms with E-state index in [4.69, 9.17) is 4.99 Å². The maximum Gasteiger partial charge on any atom is 0.191 e. The summed E-state index contributed by atoms with van der Waals surface area (Å²) in [6.45, 7) is 7.71. The molecular weight excluding hydrogens is 350 g/mol. The molecule has 0 atom stereocenters. The molecule has 6 nitrogen and oxygen atoms in total. The van der Waals surface area contributed by atoms with E-state index in [0.717, 1.165) is 51.5 Å². The van der Waals surface area contributed by atoms with E-state index in [1.165, 1.54) is 11.3 Å². The molecule has 6 heteroatoms. The first kappa shape index (κ1) is 20.3. The van der Waals surface area contributed by atoms with Gasteiger partial charge < -0.3 is 25.2 Å². The van der Waals surface area contributed by atoms with Crippen molar-refractivity contribution < 1.29 is 5.11 Å². The molecule has 0 unspecified atom stereocenters. The Bertz CT molecular complexity index is 703. The van der Waals surface area contributed by atoms with Gasteiger partial charge in [-0.05, 0) is 55.5 Å². The van der Waals surface area contributed by atoms with Crippen LogP contribution in [0, 0.1) is 5.92 Å². The average Bonchev–Trinajstić information content (AvgIpc) is 3.26. The van der Waals surface area contributed by atoms with Crippen LogP contribution >= 0.6 is 0 Å². The Hall–Kier alpha value is -2.47. The summed E-state index contributed by atoms with van der Waals surface area (Å²) in [5.74, 6) is 1.32. The van der Waals surface area contributed by atoms with E-state index in [-0.39, 0.29) is 0 Å². The van der Waals surface area contributed by atoms with Gasteiger partial charge in [0.05, 0.1) is 6.54 Å². The molecule has 0 aliphatic carbocycles. The molecular formula is C22H33N5O. The van der Waals surface area contributed by atoms with Crippen molar-refractivity contribution >= 4 is 11.6 Å². The number of aliphatic hydroxyl groups excluding tert-OH is 1. The summed E-state index contributed by atoms with van der Waals surface area (Å²) < 4.78 is 2.15. The maximum absolute atomic E-state index is 9.29. The largest absolute Gasteiger partial charge is 0.396 e. The highest BCUT2D eigenvalue weighted by molar-refractivity contribution is 5.79. The van der Waals surface area contributed by atoms with Crippen LogP contribution < -0.4 is 15.5 Å². The number of rotatable bonds is 8. The highest BCUT2D eigenvalue weighted by atomic mass is 16.3. The van der Waals surface area contributed by atoms with Gasteiger partial charge in [-0.3, -0.25) is 0 Å². The second-order valence-corrected chi connectivity index (χ2v) is 7.32. The summed E-state index contributed by atoms with van der Waals surface area (Å²) in [6.07, 6.45) is 6.28. The molecule has 1 fully saturated rings. The molecule has 0 bridgehead atoms. The Morgan fingerprint density at radius 1 is 1.11 bits per heavy atom. The lowest BCUT2D eigenvalue weighted by Gasteiger charge is -2.32. The molecule has 1 aliphatic heterocycles. The molecule has 0 saturated carbocycles. The second-order valence-electron chi connectivity index (χ2n) is 7.32. The van der Waals surface area contributed by atoms with Crippen LogP contribution in [0.1, 0.15) is 25.3 Å². The molecule has 3 N–H and O–H groups in total. The van der Waals surface area contributed by atoms with Crippen molar-refractivity contribution in [1.82, 2.24) is 15.2 Å². The first-order chi connectivity index (χ1) is 13.8. The Labute approximate surface area is 168 Å². The van der Waals surface area contributed by atoms with Crippen molar-refractivity contribution in [2.45, 2.75) is 32.9 Å². The topological polar surface area (TPSA) is 64.8 Å². The number of benzene rings is 1. The molecule has 152 valence electrons. The van der Waals surface area contributed by atoms with E-state index in [1.54, 1.807) is 0 Å². The molecule has 0 spiro atoms. The Morgan fingerprint density at radius 2 is 1.82 bits per heavy atom. The summed E-state index contributed by atoms with van der Waals surface area (Å²) in [7, 11) is 0. The van der Waals surface area contributed by atoms with Gasteiger partial charge in [-0.2, -0.15) is 0 Å². The number of nitrogens with one attached hydrogen (secondary N) is 2. The first-order valence-corrected chi connectivity index (χ1v) is 10.4. The van der Waals surface area contributed by atoms with Gasteiger partial charge in [-0.15, -0.1) is 0 Å². The minimum Gasteiger partial charge on any atom is -0.396 e. The summed E-state index contributed by atoms with van der Waals surface area (Å²) in [5, 5.41) is 16.0. The van der Waals surface area contributed by atoms with Crippen molar-refractivity contribution in [2.24, 2.45) is 10.9 Å². The molecule has 1 aromatic carbocycles. The molecule has 2 heterocycles. The van der Waals surface area contributed by atoms with Crippen LogP contribution in [-0.4, -0.2) is 48.4 Å². The van der Waals surface area contributed by atoms with Crippen LogP contribution in [0.4, 0.5) is 5.69 Å². The van der Waals surface area contributed by atoms with Crippen LogP contribution in [-0.2, 0) is 13.1 Å². The lowest BCUT2D eigenvalue weighted by molar-refractivity contribution is 0.203. The third-order valence-electron chi connectivity index (χ3n) is 5.27. The predicted molar refractivity (Wildman–Crippen MR) is 116 cm³/mol. The lowest BCUT2D eigenvalue weighted by Crippen LogP contribution is -2.38. The predicted octanol–water partition coefficient (Wildman–Crippen LogP) is 2.45. The van der Waals surface area contributed by atoms with Gasteiger partial charge in [0.25, 0.3) is 0 Å². The van der Waals surface area contributed by atoms with Gasteiger partial charge in [-0.25, -0.2) is 4.99 Å². The molecule has 0 radical (unpaired) electrons. The van der Waals surface area contributed by atoms with Gasteiger partial charge in [0.2, 0.25) is 0 Å². The number of guanidine groups is 1. The Morgan fingerprint density at radius 3 is 2.46 bits per heavy atom. The Balaban J connectivity index is 1.49. The number of aromatic nitrogens is 1. The normalized spacial score (nSPS) is 15.6. The summed E-state index contributed by atoms with van der Waals surface area (Å²) in [6, 6.07) is 12.8. The lowest BCUT2D eigenvalue weighted by atomic mass is 9.97. The fraction of sp³-hybridized carbons (Fsp3) is 0.500. The van der Waals surface area contributed by atoms with E-state index < -0.39 is 0 Å². The van der Waals surface area contributed by atoms with E-state index in [0.29, 0.717) is 19.1 Å². The molecule has 1 aliphatic rings. The average molecular weight is 384 g/mol. The zero-order valence-electron chi connectivity index (χ0n) is 16.8. The minimum atomic E-state index is 0.318. The fourth-order valence-electron chi connectivity index (χ4n) is 3.52. The van der Waals surface area contributed by atoms with Gasteiger partial charge in [0.1, 0.15) is 0 Å². The molecule has 0 amide bonds. The number of aliphatic hydroxyl groups is 1. The number of hydrogen-bond acceptors (Lipinski definition) is 3. The number of anilines is 1. The second kappa shape index (κ2) is 10.8. The number of nitrogens with zero attached hydrogens (tertiary/aromatic N) is 3. The third-order valence-corrected chi connectivity index (χ3v) is 5.27. The van der Waals surface area contributed by atoms with Crippen molar-refractivity contribution in [3.05, 3.63) is 54.4 Å². The SMILES string of the molecule is CCNC(=NCc1ccc(N2CCC(CO)CC2)cc1)NCCn1cccc1. The number of piperidine rings is 1. The van der Waals surface area contributed by atoms with Crippen molar-refractivity contribution in [1.29, 1.82) is 0 Å². The smallest absolute Gasteiger partial charge is 0.191 e. The van der Waals surface area contributed by atoms with Gasteiger partial charge in [0, 0.05) is 57.4 Å². The zero-order valence-corrected chi connectivity index (χ0v) is 16.8. The number of hydrogen-bond donors (Lipinski definition) is 3.